The number of aromatic nitrogens is 1. The van der Waals surface area contributed by atoms with Gasteiger partial charge in [-0.1, -0.05) is 48.5 Å². The van der Waals surface area contributed by atoms with Crippen LogP contribution in [0.3, 0.4) is 0 Å². The lowest BCUT2D eigenvalue weighted by Crippen LogP contribution is -2.55. The zero-order chi connectivity index (χ0) is 19.9. The largest absolute Gasteiger partial charge is 0.468 e. The first-order chi connectivity index (χ1) is 13.6. The van der Waals surface area contributed by atoms with Crippen LogP contribution in [0.1, 0.15) is 28.4 Å². The summed E-state index contributed by atoms with van der Waals surface area (Å²) in [4.78, 5) is 39.5. The molecule has 28 heavy (non-hydrogen) atoms. The van der Waals surface area contributed by atoms with Gasteiger partial charge in [0, 0.05) is 17.7 Å². The van der Waals surface area contributed by atoms with Crippen molar-refractivity contribution in [2.75, 3.05) is 14.2 Å². The summed E-state index contributed by atoms with van der Waals surface area (Å²) >= 11 is 0. The monoisotopic (exact) mass is 377 g/mol. The predicted octanol–water partition coefficient (Wildman–Crippen LogP) is 3.05. The smallest absolute Gasteiger partial charge is 0.330 e. The van der Waals surface area contributed by atoms with Crippen molar-refractivity contribution in [3.05, 3.63) is 71.9 Å². The summed E-state index contributed by atoms with van der Waals surface area (Å²) in [5.41, 5.74) is -0.163. The molecule has 0 radical (unpaired) electrons. The molecule has 1 aromatic heterocycles. The van der Waals surface area contributed by atoms with Gasteiger partial charge in [-0.05, 0) is 17.7 Å². The maximum atomic E-state index is 13.2. The molecule has 1 unspecified atom stereocenters. The molecule has 4 rings (SSSR count). The molecule has 0 spiro atoms. The molecule has 0 aliphatic carbocycles. The van der Waals surface area contributed by atoms with E-state index in [-0.39, 0.29) is 18.0 Å². The van der Waals surface area contributed by atoms with Crippen LogP contribution in [0.15, 0.2) is 60.7 Å². The lowest BCUT2D eigenvalue weighted by Gasteiger charge is -2.39. The van der Waals surface area contributed by atoms with E-state index in [0.717, 1.165) is 5.39 Å². The summed E-state index contributed by atoms with van der Waals surface area (Å²) in [5.74, 6) is -2.42. The summed E-state index contributed by atoms with van der Waals surface area (Å²) in [6.07, 6.45) is -0.0279. The van der Waals surface area contributed by atoms with Crippen molar-refractivity contribution in [1.82, 2.24) is 4.57 Å². The highest BCUT2D eigenvalue weighted by atomic mass is 16.5. The topological polar surface area (TPSA) is 74.6 Å². The Balaban J connectivity index is 2.11. The Labute approximate surface area is 161 Å². The average Bonchev–Trinajstić information content (AvgIpc) is 3.14. The normalized spacial score (nSPS) is 17.8. The first-order valence-electron chi connectivity index (χ1n) is 8.91. The van der Waals surface area contributed by atoms with Crippen LogP contribution in [0.4, 0.5) is 0 Å². The van der Waals surface area contributed by atoms with Gasteiger partial charge in [0.2, 0.25) is 11.3 Å². The molecule has 1 aliphatic rings. The van der Waals surface area contributed by atoms with Crippen molar-refractivity contribution in [2.45, 2.75) is 17.8 Å². The highest BCUT2D eigenvalue weighted by molar-refractivity contribution is 6.12. The third-order valence-corrected chi connectivity index (χ3v) is 5.48. The van der Waals surface area contributed by atoms with Gasteiger partial charge in [0.1, 0.15) is 0 Å². The second-order valence-corrected chi connectivity index (χ2v) is 6.78. The minimum absolute atomic E-state index is 0.0279. The molecular weight excluding hydrogens is 358 g/mol. The number of methoxy groups -OCH3 is 2. The van der Waals surface area contributed by atoms with Crippen LogP contribution in [-0.2, 0) is 24.5 Å². The van der Waals surface area contributed by atoms with Crippen molar-refractivity contribution in [3.63, 3.8) is 0 Å². The molecule has 6 nitrogen and oxygen atoms in total. The lowest BCUT2D eigenvalue weighted by atomic mass is 9.66. The Morgan fingerprint density at radius 3 is 2.21 bits per heavy atom. The molecule has 0 saturated heterocycles. The first kappa shape index (κ1) is 18.0. The number of rotatable bonds is 3. The van der Waals surface area contributed by atoms with E-state index in [9.17, 15) is 14.4 Å². The molecule has 2 heterocycles. The fourth-order valence-corrected chi connectivity index (χ4v) is 4.26. The molecule has 3 aromatic rings. The van der Waals surface area contributed by atoms with E-state index in [0.29, 0.717) is 11.1 Å². The third-order valence-electron chi connectivity index (χ3n) is 5.48. The van der Waals surface area contributed by atoms with E-state index in [1.165, 1.54) is 18.8 Å². The quantitative estimate of drug-likeness (QED) is 0.518. The van der Waals surface area contributed by atoms with E-state index in [2.05, 4.69) is 0 Å². The molecule has 0 saturated carbocycles. The first-order valence-corrected chi connectivity index (χ1v) is 8.91. The highest BCUT2D eigenvalue weighted by Gasteiger charge is 2.61. The van der Waals surface area contributed by atoms with Crippen molar-refractivity contribution >= 4 is 28.7 Å². The summed E-state index contributed by atoms with van der Waals surface area (Å²) in [5, 5.41) is 0.761. The molecule has 6 heteroatoms. The molecule has 0 fully saturated rings. The minimum Gasteiger partial charge on any atom is -0.468 e. The Kier molecular flexibility index (Phi) is 4.26. The number of carbonyl (C=O) groups excluding carboxylic acids is 3. The summed E-state index contributed by atoms with van der Waals surface area (Å²) in [6.45, 7) is 0. The molecule has 2 aromatic carbocycles. The van der Waals surface area contributed by atoms with E-state index in [1.807, 2.05) is 36.4 Å². The zero-order valence-electron chi connectivity index (χ0n) is 15.5. The van der Waals surface area contributed by atoms with E-state index < -0.39 is 23.3 Å². The van der Waals surface area contributed by atoms with Crippen LogP contribution in [0.5, 0.6) is 0 Å². The standard InChI is InChI=1S/C22H19NO5/c1-27-20(25)22(21(26)28-2)16(14-8-4-3-5-9-14)13-19(24)23-17-11-7-6-10-15(17)12-18(22)23/h3-12,16H,13H2,1-2H3. The number of nitrogens with zero attached hydrogens (tertiary/aromatic N) is 1. The van der Waals surface area contributed by atoms with Gasteiger partial charge in [-0.2, -0.15) is 0 Å². The summed E-state index contributed by atoms with van der Waals surface area (Å²) in [7, 11) is 2.47. The van der Waals surface area contributed by atoms with Crippen LogP contribution in [-0.4, -0.2) is 36.6 Å². The van der Waals surface area contributed by atoms with Gasteiger partial charge in [-0.3, -0.25) is 19.0 Å². The number of ether oxygens (including phenoxy) is 2. The summed E-state index contributed by atoms with van der Waals surface area (Å²) in [6, 6.07) is 18.0. The number of hydrogen-bond acceptors (Lipinski definition) is 5. The maximum Gasteiger partial charge on any atom is 0.330 e. The van der Waals surface area contributed by atoms with Crippen LogP contribution < -0.4 is 0 Å². The van der Waals surface area contributed by atoms with Gasteiger partial charge in [-0.25, -0.2) is 0 Å². The van der Waals surface area contributed by atoms with Crippen molar-refractivity contribution in [2.24, 2.45) is 0 Å². The highest BCUT2D eigenvalue weighted by Crippen LogP contribution is 2.48. The fraction of sp³-hybridized carbons (Fsp3) is 0.227. The number of fused-ring (bicyclic) bond motifs is 3. The van der Waals surface area contributed by atoms with Crippen LogP contribution in [0, 0.1) is 0 Å². The number of benzene rings is 2. The molecular formula is C22H19NO5. The van der Waals surface area contributed by atoms with Crippen molar-refractivity contribution in [3.8, 4) is 0 Å². The fourth-order valence-electron chi connectivity index (χ4n) is 4.26. The number of esters is 2. The van der Waals surface area contributed by atoms with Crippen LogP contribution >= 0.6 is 0 Å². The molecule has 0 bridgehead atoms. The van der Waals surface area contributed by atoms with Gasteiger partial charge in [0.15, 0.2) is 0 Å². The predicted molar refractivity (Wildman–Crippen MR) is 102 cm³/mol. The second kappa shape index (κ2) is 6.64. The lowest BCUT2D eigenvalue weighted by molar-refractivity contribution is -0.164. The zero-order valence-corrected chi connectivity index (χ0v) is 15.5. The average molecular weight is 377 g/mol. The van der Waals surface area contributed by atoms with E-state index >= 15 is 0 Å². The van der Waals surface area contributed by atoms with Crippen molar-refractivity contribution < 1.29 is 23.9 Å². The van der Waals surface area contributed by atoms with Crippen LogP contribution in [0.25, 0.3) is 10.9 Å². The third kappa shape index (κ3) is 2.30. The molecule has 0 N–H and O–H groups in total. The van der Waals surface area contributed by atoms with Gasteiger partial charge in [0.05, 0.1) is 25.4 Å². The SMILES string of the molecule is COC(=O)C1(C(=O)OC)c2cc3ccccc3n2C(=O)CC1c1ccccc1. The Bertz CT molecular complexity index is 1070. The number of para-hydroxylation sites is 1. The van der Waals surface area contributed by atoms with Gasteiger partial charge < -0.3 is 9.47 Å². The Morgan fingerprint density at radius 2 is 1.57 bits per heavy atom. The van der Waals surface area contributed by atoms with Crippen LogP contribution in [0.2, 0.25) is 0 Å². The number of carbonyl (C=O) groups is 3. The van der Waals surface area contributed by atoms with E-state index in [1.54, 1.807) is 24.3 Å². The second-order valence-electron chi connectivity index (χ2n) is 6.78. The Hall–Kier alpha value is -3.41. The van der Waals surface area contributed by atoms with E-state index in [4.69, 9.17) is 9.47 Å². The minimum atomic E-state index is -1.78. The maximum absolute atomic E-state index is 13.2. The molecule has 0 amide bonds. The molecule has 1 atom stereocenters. The molecule has 1 aliphatic heterocycles. The summed E-state index contributed by atoms with van der Waals surface area (Å²) < 4.78 is 11.6. The van der Waals surface area contributed by atoms with Crippen molar-refractivity contribution in [1.29, 1.82) is 0 Å². The van der Waals surface area contributed by atoms with Gasteiger partial charge in [0.25, 0.3) is 0 Å². The molecule has 142 valence electrons. The Morgan fingerprint density at radius 1 is 0.964 bits per heavy atom. The van der Waals surface area contributed by atoms with Gasteiger partial charge >= 0.3 is 11.9 Å². The number of hydrogen-bond donors (Lipinski definition) is 0. The van der Waals surface area contributed by atoms with Gasteiger partial charge in [-0.15, -0.1) is 0 Å².